The Morgan fingerprint density at radius 3 is 2.93 bits per heavy atom. The summed E-state index contributed by atoms with van der Waals surface area (Å²) in [6, 6.07) is -0.0748. The van der Waals surface area contributed by atoms with Crippen LogP contribution in [0, 0.1) is 5.92 Å². The third-order valence-corrected chi connectivity index (χ3v) is 2.60. The number of aromatic nitrogens is 2. The standard InChI is InChI=1S/C8H13N3O2S/c1-5(3-12)6(2)9-8(13)7-4-14-11-10-7/h4-6,12H,3H2,1-2H3,(H,9,13). The van der Waals surface area contributed by atoms with Gasteiger partial charge in [-0.1, -0.05) is 11.4 Å². The first kappa shape index (κ1) is 11.1. The van der Waals surface area contributed by atoms with Crippen molar-refractivity contribution in [2.75, 3.05) is 6.61 Å². The zero-order valence-electron chi connectivity index (χ0n) is 8.10. The molecule has 0 saturated heterocycles. The predicted octanol–water partition coefficient (Wildman–Crippen LogP) is 0.285. The minimum absolute atomic E-state index is 0.0329. The molecule has 2 N–H and O–H groups in total. The van der Waals surface area contributed by atoms with Crippen molar-refractivity contribution in [2.24, 2.45) is 5.92 Å². The summed E-state index contributed by atoms with van der Waals surface area (Å²) in [5, 5.41) is 16.8. The summed E-state index contributed by atoms with van der Waals surface area (Å²) in [4.78, 5) is 11.4. The maximum absolute atomic E-state index is 11.4. The van der Waals surface area contributed by atoms with E-state index in [0.29, 0.717) is 5.69 Å². The Balaban J connectivity index is 2.49. The molecule has 14 heavy (non-hydrogen) atoms. The van der Waals surface area contributed by atoms with Crippen molar-refractivity contribution in [3.05, 3.63) is 11.1 Å². The van der Waals surface area contributed by atoms with Crippen LogP contribution in [-0.2, 0) is 0 Å². The number of aliphatic hydroxyl groups is 1. The van der Waals surface area contributed by atoms with Crippen molar-refractivity contribution < 1.29 is 9.90 Å². The van der Waals surface area contributed by atoms with Crippen molar-refractivity contribution >= 4 is 17.4 Å². The number of hydrogen-bond donors (Lipinski definition) is 2. The maximum Gasteiger partial charge on any atom is 0.272 e. The van der Waals surface area contributed by atoms with E-state index in [2.05, 4.69) is 14.9 Å². The number of rotatable bonds is 4. The molecule has 1 aromatic heterocycles. The number of aliphatic hydroxyl groups excluding tert-OH is 1. The van der Waals surface area contributed by atoms with Gasteiger partial charge in [0.2, 0.25) is 0 Å². The highest BCUT2D eigenvalue weighted by molar-refractivity contribution is 7.03. The number of nitrogens with one attached hydrogen (secondary N) is 1. The quantitative estimate of drug-likeness (QED) is 0.756. The molecule has 2 unspecified atom stereocenters. The molecule has 2 atom stereocenters. The van der Waals surface area contributed by atoms with E-state index in [4.69, 9.17) is 5.11 Å². The van der Waals surface area contributed by atoms with Crippen LogP contribution in [0.25, 0.3) is 0 Å². The van der Waals surface area contributed by atoms with E-state index >= 15 is 0 Å². The van der Waals surface area contributed by atoms with Gasteiger partial charge in [-0.3, -0.25) is 4.79 Å². The summed E-state index contributed by atoms with van der Waals surface area (Å²) in [6.07, 6.45) is 0. The Hall–Kier alpha value is -1.01. The molecule has 78 valence electrons. The molecule has 5 nitrogen and oxygen atoms in total. The average Bonchev–Trinajstić information content (AvgIpc) is 2.69. The van der Waals surface area contributed by atoms with E-state index in [-0.39, 0.29) is 24.5 Å². The lowest BCUT2D eigenvalue weighted by Crippen LogP contribution is -2.38. The van der Waals surface area contributed by atoms with Crippen molar-refractivity contribution in [2.45, 2.75) is 19.9 Å². The number of amides is 1. The molecular weight excluding hydrogens is 202 g/mol. The summed E-state index contributed by atoms with van der Waals surface area (Å²) < 4.78 is 3.60. The lowest BCUT2D eigenvalue weighted by Gasteiger charge is -2.18. The topological polar surface area (TPSA) is 75.1 Å². The van der Waals surface area contributed by atoms with E-state index in [1.54, 1.807) is 5.38 Å². The molecule has 0 aromatic carbocycles. The lowest BCUT2D eigenvalue weighted by atomic mass is 10.1. The van der Waals surface area contributed by atoms with Gasteiger partial charge in [-0.15, -0.1) is 5.10 Å². The van der Waals surface area contributed by atoms with Gasteiger partial charge in [-0.05, 0) is 24.4 Å². The van der Waals surface area contributed by atoms with Gasteiger partial charge in [-0.2, -0.15) is 0 Å². The number of hydrogen-bond acceptors (Lipinski definition) is 5. The highest BCUT2D eigenvalue weighted by atomic mass is 32.1. The van der Waals surface area contributed by atoms with Crippen LogP contribution < -0.4 is 5.32 Å². The van der Waals surface area contributed by atoms with Crippen LogP contribution in [-0.4, -0.2) is 33.2 Å². The van der Waals surface area contributed by atoms with Gasteiger partial charge >= 0.3 is 0 Å². The Kier molecular flexibility index (Phi) is 3.97. The fourth-order valence-corrected chi connectivity index (χ4v) is 1.28. The highest BCUT2D eigenvalue weighted by Gasteiger charge is 2.16. The van der Waals surface area contributed by atoms with Crippen LogP contribution in [0.2, 0.25) is 0 Å². The largest absolute Gasteiger partial charge is 0.396 e. The second kappa shape index (κ2) is 5.02. The third kappa shape index (κ3) is 2.74. The average molecular weight is 215 g/mol. The lowest BCUT2D eigenvalue weighted by molar-refractivity contribution is 0.0911. The summed E-state index contributed by atoms with van der Waals surface area (Å²) in [5.74, 6) is -0.211. The van der Waals surface area contributed by atoms with Crippen LogP contribution in [0.5, 0.6) is 0 Å². The van der Waals surface area contributed by atoms with Crippen LogP contribution in [0.1, 0.15) is 24.3 Å². The van der Waals surface area contributed by atoms with Crippen LogP contribution in [0.15, 0.2) is 5.38 Å². The molecule has 0 fully saturated rings. The summed E-state index contributed by atoms with van der Waals surface area (Å²) in [5.41, 5.74) is 0.326. The predicted molar refractivity (Wildman–Crippen MR) is 53.1 cm³/mol. The van der Waals surface area contributed by atoms with Crippen molar-refractivity contribution in [1.29, 1.82) is 0 Å². The Labute approximate surface area is 86.3 Å². The fraction of sp³-hybridized carbons (Fsp3) is 0.625. The van der Waals surface area contributed by atoms with E-state index in [0.717, 1.165) is 11.5 Å². The van der Waals surface area contributed by atoms with Crippen molar-refractivity contribution in [3.8, 4) is 0 Å². The first-order valence-corrected chi connectivity index (χ1v) is 5.17. The maximum atomic E-state index is 11.4. The van der Waals surface area contributed by atoms with Gasteiger partial charge < -0.3 is 10.4 Å². The molecule has 6 heteroatoms. The summed E-state index contributed by atoms with van der Waals surface area (Å²) in [7, 11) is 0. The second-order valence-electron chi connectivity index (χ2n) is 3.21. The smallest absolute Gasteiger partial charge is 0.272 e. The van der Waals surface area contributed by atoms with Crippen LogP contribution in [0.3, 0.4) is 0 Å². The first-order chi connectivity index (χ1) is 6.65. The van der Waals surface area contributed by atoms with Crippen molar-refractivity contribution in [3.63, 3.8) is 0 Å². The molecule has 0 aliphatic carbocycles. The molecule has 1 aromatic rings. The van der Waals surface area contributed by atoms with Gasteiger partial charge in [-0.25, -0.2) is 0 Å². The summed E-state index contributed by atoms with van der Waals surface area (Å²) >= 11 is 1.14. The van der Waals surface area contributed by atoms with Gasteiger partial charge in [0.1, 0.15) is 0 Å². The highest BCUT2D eigenvalue weighted by Crippen LogP contribution is 2.03. The normalized spacial score (nSPS) is 14.8. The molecule has 0 saturated carbocycles. The fourth-order valence-electron chi connectivity index (χ4n) is 0.845. The third-order valence-electron chi connectivity index (χ3n) is 2.09. The molecule has 0 aliphatic rings. The monoisotopic (exact) mass is 215 g/mol. The summed E-state index contributed by atoms with van der Waals surface area (Å²) in [6.45, 7) is 3.76. The zero-order valence-corrected chi connectivity index (χ0v) is 8.91. The SMILES string of the molecule is CC(CO)C(C)NC(=O)c1csnn1. The van der Waals surface area contributed by atoms with E-state index in [9.17, 15) is 4.79 Å². The van der Waals surface area contributed by atoms with Crippen molar-refractivity contribution in [1.82, 2.24) is 14.9 Å². The molecule has 0 spiro atoms. The molecule has 1 amide bonds. The number of carbonyl (C=O) groups is 1. The van der Waals surface area contributed by atoms with Crippen LogP contribution >= 0.6 is 11.5 Å². The second-order valence-corrected chi connectivity index (χ2v) is 3.82. The molecule has 1 rings (SSSR count). The first-order valence-electron chi connectivity index (χ1n) is 4.34. The molecular formula is C8H13N3O2S. The molecule has 1 heterocycles. The van der Waals surface area contributed by atoms with E-state index in [1.807, 2.05) is 13.8 Å². The van der Waals surface area contributed by atoms with Gasteiger partial charge in [0, 0.05) is 18.0 Å². The molecule has 0 aliphatic heterocycles. The Morgan fingerprint density at radius 2 is 2.43 bits per heavy atom. The number of nitrogens with zero attached hydrogens (tertiary/aromatic N) is 2. The number of carbonyl (C=O) groups excluding carboxylic acids is 1. The zero-order chi connectivity index (χ0) is 10.6. The minimum atomic E-state index is -0.244. The van der Waals surface area contributed by atoms with E-state index in [1.165, 1.54) is 0 Å². The molecule has 0 radical (unpaired) electrons. The van der Waals surface area contributed by atoms with Gasteiger partial charge in [0.15, 0.2) is 5.69 Å². The van der Waals surface area contributed by atoms with Crippen LogP contribution in [0.4, 0.5) is 0 Å². The Morgan fingerprint density at radius 1 is 1.71 bits per heavy atom. The minimum Gasteiger partial charge on any atom is -0.396 e. The van der Waals surface area contributed by atoms with Gasteiger partial charge in [0.05, 0.1) is 0 Å². The van der Waals surface area contributed by atoms with E-state index < -0.39 is 0 Å². The Bertz CT molecular complexity index is 289. The molecule has 0 bridgehead atoms. The van der Waals surface area contributed by atoms with Gasteiger partial charge in [0.25, 0.3) is 5.91 Å².